The molecule has 3 radical (unpaired) electrons. The van der Waals surface area contributed by atoms with Crippen molar-refractivity contribution in [2.45, 2.75) is 0 Å². The van der Waals surface area contributed by atoms with E-state index in [-0.39, 0.29) is 95.0 Å². The summed E-state index contributed by atoms with van der Waals surface area (Å²) in [5, 5.41) is 0. The minimum absolute atomic E-state index is 0. The van der Waals surface area contributed by atoms with Crippen LogP contribution >= 0.6 is 0 Å². The molecule has 0 aliphatic carbocycles. The van der Waals surface area contributed by atoms with Crippen LogP contribution in [0.4, 0.5) is 0 Å². The maximum Gasteiger partial charge on any atom is 4.00 e. The summed E-state index contributed by atoms with van der Waals surface area (Å²) in [6.07, 6.45) is 0. The predicted octanol–water partition coefficient (Wildman–Crippen LogP) is -1.19. The van der Waals surface area contributed by atoms with Crippen LogP contribution in [-0.4, -0.2) is 21.9 Å². The molecule has 0 amide bonds. The minimum atomic E-state index is 0. The molecule has 0 aliphatic heterocycles. The molecule has 0 bridgehead atoms. The van der Waals surface area contributed by atoms with Gasteiger partial charge in [-0.1, -0.05) is 0 Å². The Labute approximate surface area is 95.0 Å². The number of hydrogen-bond acceptors (Lipinski definition) is 4. The fourth-order valence-corrected chi connectivity index (χ4v) is 0. The molecule has 0 rings (SSSR count). The van der Waals surface area contributed by atoms with Gasteiger partial charge in [0.05, 0.1) is 0 Å². The van der Waals surface area contributed by atoms with Crippen LogP contribution in [0.1, 0.15) is 0 Å². The molecule has 0 unspecified atom stereocenters. The molecular weight excluding hydrogens is 293 g/mol. The van der Waals surface area contributed by atoms with Crippen molar-refractivity contribution in [2.75, 3.05) is 0 Å². The summed E-state index contributed by atoms with van der Waals surface area (Å²) in [6, 6.07) is 0. The van der Waals surface area contributed by atoms with E-state index in [2.05, 4.69) is 0 Å². The van der Waals surface area contributed by atoms with E-state index in [9.17, 15) is 0 Å². The first-order valence-electron chi connectivity index (χ1n) is 0. The van der Waals surface area contributed by atoms with Gasteiger partial charge in [-0.15, -0.1) is 0 Å². The van der Waals surface area contributed by atoms with E-state index >= 15 is 0 Å². The van der Waals surface area contributed by atoms with Crippen molar-refractivity contribution in [2.24, 2.45) is 0 Å². The third-order valence-corrected chi connectivity index (χ3v) is 0. The first kappa shape index (κ1) is 1010. The molecule has 0 fully saturated rings. The summed E-state index contributed by atoms with van der Waals surface area (Å²) in [7, 11) is 0. The second-order valence-electron chi connectivity index (χ2n) is 0. The summed E-state index contributed by atoms with van der Waals surface area (Å²) in [5.74, 6) is 0. The van der Waals surface area contributed by atoms with Gasteiger partial charge in [-0.25, -0.2) is 0 Å². The Hall–Kier alpha value is 1.24. The molecule has 73 valence electrons. The standard InChI is InChI=1S/3Mn.4H2O.4O/h;;;4*1H2;;;;/q3*+4;;;;;4*-2/p-4. The minimum Gasteiger partial charge on any atom is -2.00 e. The Morgan fingerprint density at radius 2 is 0.273 bits per heavy atom. The molecule has 4 N–H and O–H groups in total. The molecule has 0 aromatic carbocycles. The summed E-state index contributed by atoms with van der Waals surface area (Å²) < 4.78 is 0. The zero-order valence-electron chi connectivity index (χ0n) is 4.56. The van der Waals surface area contributed by atoms with Gasteiger partial charge in [0.1, 0.15) is 0 Å². The van der Waals surface area contributed by atoms with Crippen molar-refractivity contribution in [1.29, 1.82) is 0 Å². The molecule has 11 heteroatoms. The van der Waals surface area contributed by atoms with Crippen molar-refractivity contribution in [3.8, 4) is 0 Å². The van der Waals surface area contributed by atoms with E-state index in [1.807, 2.05) is 0 Å². The van der Waals surface area contributed by atoms with Crippen LogP contribution in [0.15, 0.2) is 0 Å². The van der Waals surface area contributed by atoms with Gasteiger partial charge in [0.25, 0.3) is 0 Å². The van der Waals surface area contributed by atoms with Gasteiger partial charge in [-0.2, -0.15) is 0 Å². The van der Waals surface area contributed by atoms with Crippen molar-refractivity contribution < 1.29 is 95.0 Å². The van der Waals surface area contributed by atoms with Crippen LogP contribution in [0.5, 0.6) is 0 Å². The summed E-state index contributed by atoms with van der Waals surface area (Å²) in [5.41, 5.74) is 0. The topological polar surface area (TPSA) is 234 Å². The first-order chi connectivity index (χ1) is 0. The Balaban J connectivity index is 0. The van der Waals surface area contributed by atoms with Crippen molar-refractivity contribution in [3.05, 3.63) is 0 Å². The maximum absolute atomic E-state index is 0. The Morgan fingerprint density at radius 1 is 0.273 bits per heavy atom. The van der Waals surface area contributed by atoms with Gasteiger partial charge in [0, 0.05) is 0 Å². The molecule has 0 heterocycles. The second-order valence-corrected chi connectivity index (χ2v) is 0. The van der Waals surface area contributed by atoms with E-state index in [0.29, 0.717) is 0 Å². The van der Waals surface area contributed by atoms with E-state index < -0.39 is 0 Å². The SMILES string of the molecule is [Mn+4].[Mn+4].[Mn+4].[O-2].[O-2].[O-2].[O-2].[OH-].[OH-].[OH-].[OH-]. The third kappa shape index (κ3) is 625. The van der Waals surface area contributed by atoms with E-state index in [0.717, 1.165) is 0 Å². The van der Waals surface area contributed by atoms with E-state index in [4.69, 9.17) is 0 Å². The number of hydrogen-bond donors (Lipinski definition) is 0. The van der Waals surface area contributed by atoms with Crippen LogP contribution in [0.2, 0.25) is 0 Å². The predicted molar refractivity (Wildman–Crippen MR) is 10.5 cm³/mol. The molecule has 0 spiro atoms. The van der Waals surface area contributed by atoms with Crippen molar-refractivity contribution >= 4 is 0 Å². The molecular formula is H4Mn3O8. The first-order valence-corrected chi connectivity index (χ1v) is 0. The normalized spacial score (nSPS) is 0. The Bertz CT molecular complexity index is 9.30. The molecule has 8 nitrogen and oxygen atoms in total. The van der Waals surface area contributed by atoms with Gasteiger partial charge in [0.2, 0.25) is 0 Å². The summed E-state index contributed by atoms with van der Waals surface area (Å²) in [4.78, 5) is 0. The third-order valence-electron chi connectivity index (χ3n) is 0. The summed E-state index contributed by atoms with van der Waals surface area (Å²) in [6.45, 7) is 0. The molecule has 0 aromatic rings. The fraction of sp³-hybridized carbons (Fsp3) is 0. The van der Waals surface area contributed by atoms with Gasteiger partial charge in [-0.3, -0.25) is 0 Å². The number of rotatable bonds is 0. The molecule has 0 saturated heterocycles. The zero-order chi connectivity index (χ0) is 0. The van der Waals surface area contributed by atoms with E-state index in [1.54, 1.807) is 0 Å². The maximum atomic E-state index is 0. The van der Waals surface area contributed by atoms with Crippen LogP contribution in [0.25, 0.3) is 0 Å². The molecule has 11 heavy (non-hydrogen) atoms. The second kappa shape index (κ2) is 768. The molecule has 0 atom stereocenters. The molecule has 0 aromatic heterocycles. The summed E-state index contributed by atoms with van der Waals surface area (Å²) >= 11 is 0. The quantitative estimate of drug-likeness (QED) is 0.501. The monoisotopic (exact) mass is 297 g/mol. The molecule has 0 aliphatic rings. The van der Waals surface area contributed by atoms with Gasteiger partial charge < -0.3 is 43.8 Å². The Kier molecular flexibility index (Phi) is 70400. The van der Waals surface area contributed by atoms with Gasteiger partial charge in [-0.05, 0) is 0 Å². The van der Waals surface area contributed by atoms with Gasteiger partial charge >= 0.3 is 51.2 Å². The van der Waals surface area contributed by atoms with Crippen LogP contribution in [-0.2, 0) is 73.1 Å². The van der Waals surface area contributed by atoms with Crippen molar-refractivity contribution in [1.82, 2.24) is 0 Å². The fourth-order valence-electron chi connectivity index (χ4n) is 0. The van der Waals surface area contributed by atoms with E-state index in [1.165, 1.54) is 0 Å². The van der Waals surface area contributed by atoms with Crippen LogP contribution < -0.4 is 0 Å². The average molecular weight is 297 g/mol. The van der Waals surface area contributed by atoms with Crippen molar-refractivity contribution in [3.63, 3.8) is 0 Å². The largest absolute Gasteiger partial charge is 4.00 e. The average Bonchev–Trinajstić information content (AvgIpc) is 0. The Morgan fingerprint density at radius 3 is 0.273 bits per heavy atom. The zero-order valence-corrected chi connectivity index (χ0v) is 8.10. The van der Waals surface area contributed by atoms with Crippen LogP contribution in [0.3, 0.4) is 0 Å². The van der Waals surface area contributed by atoms with Gasteiger partial charge in [0.15, 0.2) is 0 Å². The van der Waals surface area contributed by atoms with Crippen LogP contribution in [0, 0.1) is 0 Å². The molecule has 0 saturated carbocycles. The smallest absolute Gasteiger partial charge is 2.00 e.